The van der Waals surface area contributed by atoms with Gasteiger partial charge in [0.1, 0.15) is 18.6 Å². The second kappa shape index (κ2) is 19.6. The first kappa shape index (κ1) is 43.6. The number of quaternary nitrogens is 1. The number of nitrogens with one attached hydrogen (secondary N) is 1. The molecule has 0 spiro atoms. The van der Waals surface area contributed by atoms with Gasteiger partial charge in [-0.3, -0.25) is 19.2 Å². The quantitative estimate of drug-likeness (QED) is 0.0773. The van der Waals surface area contributed by atoms with E-state index in [1.807, 2.05) is 170 Å². The van der Waals surface area contributed by atoms with Crippen molar-refractivity contribution in [2.75, 3.05) is 19.6 Å². The van der Waals surface area contributed by atoms with Crippen LogP contribution in [0.25, 0.3) is 0 Å². The van der Waals surface area contributed by atoms with Crippen LogP contribution in [-0.2, 0) is 25.9 Å². The average Bonchev–Trinajstić information content (AvgIpc) is 3.38. The molecular formula is C60H51N2O4+. The Kier molecular flexibility index (Phi) is 13.0. The SMILES string of the molecule is O=C(c1ccccc1)c1ccc(CC2(Cc3ccc(C(=O)c4ccccc4)cc3)CNCC[N+]2(Cc2ccc(C(=O)c3ccccc3)cc2)Cc2ccc(C(=O)c3ccccc3)cc2)cc1. The van der Waals surface area contributed by atoms with E-state index in [-0.39, 0.29) is 23.1 Å². The van der Waals surface area contributed by atoms with Gasteiger partial charge in [-0.1, -0.05) is 218 Å². The monoisotopic (exact) mass is 863 g/mol. The molecule has 66 heavy (non-hydrogen) atoms. The van der Waals surface area contributed by atoms with E-state index in [0.29, 0.717) is 81.5 Å². The van der Waals surface area contributed by atoms with Gasteiger partial charge in [0.05, 0.1) is 13.1 Å². The fourth-order valence-electron chi connectivity index (χ4n) is 9.65. The molecule has 0 aliphatic carbocycles. The third-order valence-electron chi connectivity index (χ3n) is 13.2. The average molecular weight is 864 g/mol. The highest BCUT2D eigenvalue weighted by molar-refractivity contribution is 6.10. The Morgan fingerprint density at radius 2 is 0.606 bits per heavy atom. The van der Waals surface area contributed by atoms with Gasteiger partial charge in [-0.2, -0.15) is 0 Å². The summed E-state index contributed by atoms with van der Waals surface area (Å²) in [6.45, 7) is 3.61. The Morgan fingerprint density at radius 1 is 0.348 bits per heavy atom. The summed E-state index contributed by atoms with van der Waals surface area (Å²) in [4.78, 5) is 54.2. The summed E-state index contributed by atoms with van der Waals surface area (Å²) in [6.07, 6.45) is 1.36. The fraction of sp³-hybridized carbons (Fsp3) is 0.133. The minimum atomic E-state index is -0.453. The summed E-state index contributed by atoms with van der Waals surface area (Å²) >= 11 is 0. The molecule has 1 aliphatic rings. The van der Waals surface area contributed by atoms with Crippen LogP contribution in [0.3, 0.4) is 0 Å². The molecule has 0 unspecified atom stereocenters. The van der Waals surface area contributed by atoms with Crippen molar-refractivity contribution in [3.8, 4) is 0 Å². The lowest BCUT2D eigenvalue weighted by atomic mass is 9.77. The third kappa shape index (κ3) is 9.57. The predicted molar refractivity (Wildman–Crippen MR) is 261 cm³/mol. The number of carbonyl (C=O) groups excluding carboxylic acids is 4. The van der Waals surface area contributed by atoms with Gasteiger partial charge in [-0.25, -0.2) is 0 Å². The number of piperazine rings is 1. The van der Waals surface area contributed by atoms with Crippen LogP contribution in [0.15, 0.2) is 218 Å². The normalized spacial score (nSPS) is 13.9. The summed E-state index contributed by atoms with van der Waals surface area (Å²) in [5.41, 5.74) is 9.11. The summed E-state index contributed by atoms with van der Waals surface area (Å²) in [7, 11) is 0. The van der Waals surface area contributed by atoms with Crippen molar-refractivity contribution in [2.45, 2.75) is 31.5 Å². The molecule has 1 heterocycles. The van der Waals surface area contributed by atoms with Crippen LogP contribution in [-0.4, -0.2) is 52.8 Å². The Balaban J connectivity index is 1.12. The van der Waals surface area contributed by atoms with Crippen molar-refractivity contribution in [2.24, 2.45) is 0 Å². The van der Waals surface area contributed by atoms with E-state index in [0.717, 1.165) is 35.3 Å². The van der Waals surface area contributed by atoms with Gasteiger partial charge in [-0.05, 0) is 11.1 Å². The maximum Gasteiger partial charge on any atom is 0.193 e. The minimum absolute atomic E-state index is 0.0175. The second-order valence-corrected chi connectivity index (χ2v) is 17.5. The lowest BCUT2D eigenvalue weighted by Crippen LogP contribution is -2.73. The molecule has 8 aromatic rings. The summed E-state index contributed by atoms with van der Waals surface area (Å²) in [5, 5.41) is 3.82. The van der Waals surface area contributed by atoms with Gasteiger partial charge in [0, 0.05) is 75.0 Å². The smallest absolute Gasteiger partial charge is 0.193 e. The topological polar surface area (TPSA) is 80.3 Å². The number of rotatable bonds is 16. The Bertz CT molecular complexity index is 2530. The fourth-order valence-corrected chi connectivity index (χ4v) is 9.65. The van der Waals surface area contributed by atoms with Crippen molar-refractivity contribution < 1.29 is 23.7 Å². The molecule has 324 valence electrons. The molecule has 0 radical (unpaired) electrons. The van der Waals surface area contributed by atoms with Crippen LogP contribution in [0, 0.1) is 0 Å². The van der Waals surface area contributed by atoms with E-state index in [2.05, 4.69) is 53.8 Å². The van der Waals surface area contributed by atoms with Crippen molar-refractivity contribution in [3.63, 3.8) is 0 Å². The van der Waals surface area contributed by atoms with Crippen LogP contribution < -0.4 is 5.32 Å². The molecule has 8 aromatic carbocycles. The maximum absolute atomic E-state index is 13.5. The van der Waals surface area contributed by atoms with Gasteiger partial charge in [-0.15, -0.1) is 0 Å². The van der Waals surface area contributed by atoms with Gasteiger partial charge in [0.25, 0.3) is 0 Å². The highest BCUT2D eigenvalue weighted by Gasteiger charge is 2.52. The standard InChI is InChI=1S/C60H51N2O4/c63-56(48-13-5-1-6-14-48)52-29-21-44(22-30-52)39-60(40-45-23-31-53(32-24-45)57(64)49-15-7-2-8-16-49)43-61-37-38-62(60,41-46-25-33-54(34-26-46)58(65)50-17-9-3-10-18-50)42-47-27-35-55(36-28-47)59(66)51-19-11-4-12-20-51/h1-36,61H,37-43H2/q+1. The predicted octanol–water partition coefficient (Wildman–Crippen LogP) is 11.0. The molecule has 1 N–H and O–H groups in total. The number of benzene rings is 8. The van der Waals surface area contributed by atoms with Crippen molar-refractivity contribution >= 4 is 23.1 Å². The largest absolute Gasteiger partial charge is 0.309 e. The molecule has 1 aliphatic heterocycles. The molecule has 0 bridgehead atoms. The summed E-state index contributed by atoms with van der Waals surface area (Å²) in [6, 6.07) is 69.8. The van der Waals surface area contributed by atoms with Crippen molar-refractivity contribution in [1.82, 2.24) is 5.32 Å². The van der Waals surface area contributed by atoms with Gasteiger partial charge in [0.2, 0.25) is 0 Å². The lowest BCUT2D eigenvalue weighted by molar-refractivity contribution is -1.00. The van der Waals surface area contributed by atoms with E-state index in [1.54, 1.807) is 0 Å². The molecule has 1 saturated heterocycles. The van der Waals surface area contributed by atoms with Gasteiger partial charge in [0.15, 0.2) is 23.1 Å². The van der Waals surface area contributed by atoms with Gasteiger partial charge < -0.3 is 9.80 Å². The van der Waals surface area contributed by atoms with E-state index in [4.69, 9.17) is 0 Å². The molecular weight excluding hydrogens is 813 g/mol. The molecule has 6 heteroatoms. The minimum Gasteiger partial charge on any atom is -0.309 e. The van der Waals surface area contributed by atoms with Crippen LogP contribution in [0.1, 0.15) is 85.9 Å². The lowest BCUT2D eigenvalue weighted by Gasteiger charge is -2.57. The first-order valence-corrected chi connectivity index (χ1v) is 22.6. The first-order chi connectivity index (χ1) is 32.3. The summed E-state index contributed by atoms with van der Waals surface area (Å²) in [5.74, 6) is -0.0723. The van der Waals surface area contributed by atoms with Gasteiger partial charge >= 0.3 is 0 Å². The van der Waals surface area contributed by atoms with E-state index in [9.17, 15) is 19.2 Å². The third-order valence-corrected chi connectivity index (χ3v) is 13.2. The number of hydrogen-bond donors (Lipinski definition) is 1. The highest BCUT2D eigenvalue weighted by atomic mass is 16.1. The van der Waals surface area contributed by atoms with Crippen LogP contribution >= 0.6 is 0 Å². The molecule has 0 saturated carbocycles. The van der Waals surface area contributed by atoms with Crippen LogP contribution in [0.5, 0.6) is 0 Å². The van der Waals surface area contributed by atoms with E-state index in [1.165, 1.54) is 0 Å². The van der Waals surface area contributed by atoms with E-state index < -0.39 is 5.54 Å². The zero-order valence-electron chi connectivity index (χ0n) is 36.8. The van der Waals surface area contributed by atoms with Crippen molar-refractivity contribution in [3.05, 3.63) is 285 Å². The molecule has 1 fully saturated rings. The number of ketones is 4. The van der Waals surface area contributed by atoms with Crippen molar-refractivity contribution in [1.29, 1.82) is 0 Å². The molecule has 0 aromatic heterocycles. The zero-order chi connectivity index (χ0) is 45.4. The second-order valence-electron chi connectivity index (χ2n) is 17.5. The number of carbonyl (C=O) groups is 4. The zero-order valence-corrected chi connectivity index (χ0v) is 36.8. The first-order valence-electron chi connectivity index (χ1n) is 22.6. The highest BCUT2D eigenvalue weighted by Crippen LogP contribution is 2.39. The van der Waals surface area contributed by atoms with Crippen LogP contribution in [0.2, 0.25) is 0 Å². The molecule has 0 amide bonds. The van der Waals surface area contributed by atoms with Crippen LogP contribution in [0.4, 0.5) is 0 Å². The number of nitrogens with zero attached hydrogens (tertiary/aromatic N) is 1. The Hall–Kier alpha value is -7.64. The molecule has 0 atom stereocenters. The number of hydrogen-bond acceptors (Lipinski definition) is 5. The Morgan fingerprint density at radius 3 is 0.894 bits per heavy atom. The molecule has 6 nitrogen and oxygen atoms in total. The molecule has 9 rings (SSSR count). The maximum atomic E-state index is 13.5. The Labute approximate surface area is 386 Å². The summed E-state index contributed by atoms with van der Waals surface area (Å²) < 4.78 is 0.660. The van der Waals surface area contributed by atoms with E-state index >= 15 is 0 Å².